The van der Waals surface area contributed by atoms with Crippen molar-refractivity contribution in [3.05, 3.63) is 74.9 Å². The van der Waals surface area contributed by atoms with E-state index < -0.39 is 0 Å². The molecule has 0 saturated carbocycles. The van der Waals surface area contributed by atoms with Gasteiger partial charge in [0, 0.05) is 46.8 Å². The number of ether oxygens (including phenoxy) is 1. The fraction of sp³-hybridized carbons (Fsp3) is 0.200. The molecule has 0 aliphatic carbocycles. The lowest BCUT2D eigenvalue weighted by Crippen LogP contribution is -2.25. The van der Waals surface area contributed by atoms with Crippen molar-refractivity contribution in [1.29, 1.82) is 0 Å². The van der Waals surface area contributed by atoms with E-state index in [-0.39, 0.29) is 23.0 Å². The van der Waals surface area contributed by atoms with Crippen molar-refractivity contribution in [3.8, 4) is 11.1 Å². The van der Waals surface area contributed by atoms with Crippen LogP contribution in [0.2, 0.25) is 5.02 Å². The fourth-order valence-corrected chi connectivity index (χ4v) is 5.67. The third-order valence-corrected chi connectivity index (χ3v) is 7.38. The first-order valence-corrected chi connectivity index (χ1v) is 12.9. The van der Waals surface area contributed by atoms with Crippen LogP contribution in [0.3, 0.4) is 0 Å². The summed E-state index contributed by atoms with van der Waals surface area (Å²) in [5.74, 6) is -0.186. The minimum atomic E-state index is -0.196. The Labute approximate surface area is 215 Å². The monoisotopic (exact) mass is 527 g/mol. The summed E-state index contributed by atoms with van der Waals surface area (Å²) in [4.78, 5) is 42.9. The number of fused-ring (bicyclic) bond motifs is 1. The number of nitrogens with zero attached hydrogens (tertiary/aromatic N) is 2. The highest BCUT2D eigenvalue weighted by Crippen LogP contribution is 2.35. The lowest BCUT2D eigenvalue weighted by molar-refractivity contribution is -0.114. The van der Waals surface area contributed by atoms with Crippen molar-refractivity contribution in [2.45, 2.75) is 18.6 Å². The maximum atomic E-state index is 13.6. The number of thioether (sulfide) groups is 1. The Morgan fingerprint density at radius 2 is 1.89 bits per heavy atom. The number of amides is 1. The fourth-order valence-electron chi connectivity index (χ4n) is 3.53. The topological polar surface area (TPSA) is 90.3 Å². The SMILES string of the molecule is COCCn1c(SCC(=O)c2ccc(NC(C)=O)cc2)nc2scc(-c3ccccc3Cl)c2c1=O. The first kappa shape index (κ1) is 25.1. The highest BCUT2D eigenvalue weighted by atomic mass is 35.5. The molecule has 0 unspecified atom stereocenters. The average Bonchev–Trinajstić information content (AvgIpc) is 3.26. The molecule has 2 aromatic heterocycles. The number of nitrogens with one attached hydrogen (secondary N) is 1. The van der Waals surface area contributed by atoms with Gasteiger partial charge in [0.2, 0.25) is 5.91 Å². The maximum Gasteiger partial charge on any atom is 0.263 e. The number of carbonyl (C=O) groups excluding carboxylic acids is 2. The van der Waals surface area contributed by atoms with Crippen LogP contribution >= 0.6 is 34.7 Å². The van der Waals surface area contributed by atoms with E-state index in [1.165, 1.54) is 30.0 Å². The zero-order valence-corrected chi connectivity index (χ0v) is 21.4. The van der Waals surface area contributed by atoms with E-state index in [2.05, 4.69) is 5.32 Å². The highest BCUT2D eigenvalue weighted by molar-refractivity contribution is 7.99. The summed E-state index contributed by atoms with van der Waals surface area (Å²) in [5, 5.41) is 6.08. The van der Waals surface area contributed by atoms with Gasteiger partial charge in [-0.1, -0.05) is 41.6 Å². The zero-order valence-electron chi connectivity index (χ0n) is 19.0. The van der Waals surface area contributed by atoms with E-state index in [1.54, 1.807) is 42.0 Å². The van der Waals surface area contributed by atoms with E-state index in [4.69, 9.17) is 21.3 Å². The van der Waals surface area contributed by atoms with Crippen LogP contribution in [0.4, 0.5) is 5.69 Å². The molecule has 0 spiro atoms. The Morgan fingerprint density at radius 3 is 2.57 bits per heavy atom. The lowest BCUT2D eigenvalue weighted by atomic mass is 10.1. The Hall–Kier alpha value is -2.98. The molecule has 10 heteroatoms. The van der Waals surface area contributed by atoms with Crippen LogP contribution in [0.25, 0.3) is 21.3 Å². The number of thiophene rings is 1. The number of Topliss-reactive ketones (excluding diaryl/α,β-unsaturated/α-hetero) is 1. The molecule has 35 heavy (non-hydrogen) atoms. The van der Waals surface area contributed by atoms with Gasteiger partial charge >= 0.3 is 0 Å². The summed E-state index contributed by atoms with van der Waals surface area (Å²) >= 11 is 8.97. The molecular weight excluding hydrogens is 506 g/mol. The molecule has 1 N–H and O–H groups in total. The number of hydrogen-bond acceptors (Lipinski definition) is 7. The summed E-state index contributed by atoms with van der Waals surface area (Å²) in [6.07, 6.45) is 0. The van der Waals surface area contributed by atoms with Gasteiger partial charge in [0.15, 0.2) is 10.9 Å². The molecule has 4 rings (SSSR count). The molecule has 180 valence electrons. The molecule has 7 nitrogen and oxygen atoms in total. The van der Waals surface area contributed by atoms with Gasteiger partial charge in [-0.3, -0.25) is 19.0 Å². The molecule has 4 aromatic rings. The number of carbonyl (C=O) groups is 2. The second-order valence-corrected chi connectivity index (χ2v) is 9.83. The number of rotatable bonds is 9. The standard InChI is InChI=1S/C25H22ClN3O4S2/c1-15(30)27-17-9-7-16(8-10-17)21(31)14-35-25-28-23-22(24(32)29(25)11-12-33-2)19(13-34-23)18-5-3-4-6-20(18)26/h3-10,13H,11-12,14H2,1-2H3,(H,27,30). The minimum Gasteiger partial charge on any atom is -0.383 e. The first-order valence-electron chi connectivity index (χ1n) is 10.7. The number of anilines is 1. The van der Waals surface area contributed by atoms with Crippen LogP contribution in [0.5, 0.6) is 0 Å². The van der Waals surface area contributed by atoms with Crippen molar-refractivity contribution in [2.75, 3.05) is 24.8 Å². The van der Waals surface area contributed by atoms with Crippen LogP contribution in [-0.2, 0) is 16.1 Å². The van der Waals surface area contributed by atoms with Gasteiger partial charge in [-0.15, -0.1) is 11.3 Å². The van der Waals surface area contributed by atoms with Gasteiger partial charge < -0.3 is 10.1 Å². The predicted molar refractivity (Wildman–Crippen MR) is 142 cm³/mol. The molecule has 1 amide bonds. The van der Waals surface area contributed by atoms with E-state index in [9.17, 15) is 14.4 Å². The zero-order chi connectivity index (χ0) is 24.9. The highest BCUT2D eigenvalue weighted by Gasteiger charge is 2.19. The third-order valence-electron chi connectivity index (χ3n) is 5.20. The molecule has 0 atom stereocenters. The molecule has 2 heterocycles. The van der Waals surface area contributed by atoms with Gasteiger partial charge in [-0.2, -0.15) is 0 Å². The maximum absolute atomic E-state index is 13.6. The van der Waals surface area contributed by atoms with Crippen LogP contribution in [0.15, 0.2) is 63.9 Å². The summed E-state index contributed by atoms with van der Waals surface area (Å²) < 4.78 is 6.76. The van der Waals surface area contributed by atoms with Crippen molar-refractivity contribution >= 4 is 62.3 Å². The van der Waals surface area contributed by atoms with Gasteiger partial charge in [0.05, 0.1) is 24.3 Å². The van der Waals surface area contributed by atoms with Crippen LogP contribution in [0, 0.1) is 0 Å². The van der Waals surface area contributed by atoms with Gasteiger partial charge in [0.25, 0.3) is 5.56 Å². The summed E-state index contributed by atoms with van der Waals surface area (Å²) in [5.41, 5.74) is 2.45. The normalized spacial score (nSPS) is 11.1. The Kier molecular flexibility index (Phi) is 8.02. The second-order valence-electron chi connectivity index (χ2n) is 7.62. The lowest BCUT2D eigenvalue weighted by Gasteiger charge is -2.12. The average molecular weight is 528 g/mol. The predicted octanol–water partition coefficient (Wildman–Crippen LogP) is 5.36. The number of benzene rings is 2. The van der Waals surface area contributed by atoms with Crippen molar-refractivity contribution in [2.24, 2.45) is 0 Å². The largest absolute Gasteiger partial charge is 0.383 e. The third kappa shape index (κ3) is 5.65. The number of ketones is 1. The number of hydrogen-bond donors (Lipinski definition) is 1. The molecule has 0 aliphatic rings. The van der Waals surface area contributed by atoms with Gasteiger partial charge in [-0.05, 0) is 30.3 Å². The Balaban J connectivity index is 1.64. The van der Waals surface area contributed by atoms with Crippen LogP contribution in [0.1, 0.15) is 17.3 Å². The molecule has 0 bridgehead atoms. The molecule has 0 saturated heterocycles. The molecule has 0 fully saturated rings. The minimum absolute atomic E-state index is 0.104. The smallest absolute Gasteiger partial charge is 0.263 e. The van der Waals surface area contributed by atoms with Gasteiger partial charge in [0.1, 0.15) is 4.83 Å². The van der Waals surface area contributed by atoms with E-state index in [1.807, 2.05) is 23.6 Å². The Morgan fingerprint density at radius 1 is 1.14 bits per heavy atom. The molecule has 2 aromatic carbocycles. The van der Waals surface area contributed by atoms with E-state index >= 15 is 0 Å². The van der Waals surface area contributed by atoms with E-state index in [0.717, 1.165) is 11.1 Å². The van der Waals surface area contributed by atoms with Crippen LogP contribution < -0.4 is 10.9 Å². The number of aromatic nitrogens is 2. The van der Waals surface area contributed by atoms with Gasteiger partial charge in [-0.25, -0.2) is 4.98 Å². The molecule has 0 aliphatic heterocycles. The summed E-state index contributed by atoms with van der Waals surface area (Å²) in [6, 6.07) is 14.1. The quantitative estimate of drug-likeness (QED) is 0.179. The molecule has 0 radical (unpaired) electrons. The summed E-state index contributed by atoms with van der Waals surface area (Å²) in [6.45, 7) is 2.05. The van der Waals surface area contributed by atoms with Crippen LogP contribution in [-0.4, -0.2) is 40.7 Å². The summed E-state index contributed by atoms with van der Waals surface area (Å²) in [7, 11) is 1.57. The van der Waals surface area contributed by atoms with E-state index in [0.29, 0.717) is 44.8 Å². The number of methoxy groups -OCH3 is 1. The van der Waals surface area contributed by atoms with Crippen molar-refractivity contribution < 1.29 is 14.3 Å². The second kappa shape index (κ2) is 11.2. The Bertz CT molecular complexity index is 1450. The molecular formula is C25H22ClN3O4S2. The first-order chi connectivity index (χ1) is 16.9. The number of halogens is 1. The van der Waals surface area contributed by atoms with Crippen molar-refractivity contribution in [3.63, 3.8) is 0 Å². The van der Waals surface area contributed by atoms with Crippen molar-refractivity contribution in [1.82, 2.24) is 9.55 Å².